The van der Waals surface area contributed by atoms with Gasteiger partial charge in [-0.3, -0.25) is 9.11 Å². The first kappa shape index (κ1) is 22.6. The molecule has 0 rings (SSSR count). The van der Waals surface area contributed by atoms with E-state index in [1.807, 2.05) is 6.79 Å². The molecule has 0 aliphatic rings. The Morgan fingerprint density at radius 3 is 1.09 bits per heavy atom. The molecule has 0 aliphatic heterocycles. The van der Waals surface area contributed by atoms with E-state index in [4.69, 9.17) is 31.4 Å². The molecule has 0 spiro atoms. The van der Waals surface area contributed by atoms with Crippen LogP contribution in [0, 0.1) is 0 Å². The smallest absolute Gasteiger partial charge is 0.750 e. The van der Waals surface area contributed by atoms with Crippen LogP contribution in [-0.4, -0.2) is 33.4 Å². The fourth-order valence-electron chi connectivity index (χ4n) is 0. The Morgan fingerprint density at radius 1 is 1.09 bits per heavy atom. The molecule has 1 atom stereocenters. The zero-order chi connectivity index (χ0) is 9.15. The van der Waals surface area contributed by atoms with Crippen LogP contribution >= 0.6 is 0 Å². The van der Waals surface area contributed by atoms with Crippen LogP contribution in [-0.2, 0) is 27.5 Å². The molecule has 0 bridgehead atoms. The maximum Gasteiger partial charge on any atom is 1.00 e. The summed E-state index contributed by atoms with van der Waals surface area (Å²) in [4.78, 5) is 8.00. The molecule has 0 fully saturated rings. The molecular formula is CH5NaO7S2. The Kier molecular flexibility index (Phi) is 46.1. The molecule has 1 unspecified atom stereocenters. The number of hydrogen-bond acceptors (Lipinski definition) is 4. The van der Waals surface area contributed by atoms with Gasteiger partial charge in [-0.25, -0.2) is 4.21 Å². The summed E-state index contributed by atoms with van der Waals surface area (Å²) in [7, 11) is 0. The predicted molar refractivity (Wildman–Crippen MR) is 32.1 cm³/mol. The van der Waals surface area contributed by atoms with Crippen molar-refractivity contribution in [1.82, 2.24) is 0 Å². The van der Waals surface area contributed by atoms with E-state index < -0.39 is 22.7 Å². The zero-order valence-electron chi connectivity index (χ0n) is 5.50. The molecule has 0 saturated heterocycles. The normalized spacial score (nSPS) is 9.18. The molecule has 0 heterocycles. The van der Waals surface area contributed by atoms with E-state index in [1.165, 1.54) is 0 Å². The molecule has 0 amide bonds. The maximum absolute atomic E-state index is 8.67. The second kappa shape index (κ2) is 22.4. The van der Waals surface area contributed by atoms with E-state index in [-0.39, 0.29) is 29.6 Å². The first-order valence-corrected chi connectivity index (χ1v) is 3.43. The molecule has 0 aromatic rings. The summed E-state index contributed by atoms with van der Waals surface area (Å²) in [6.07, 6.45) is 0. The Balaban J connectivity index is -0.0000000339. The zero-order valence-corrected chi connectivity index (χ0v) is 9.13. The van der Waals surface area contributed by atoms with Crippen molar-refractivity contribution in [1.29, 1.82) is 0 Å². The van der Waals surface area contributed by atoms with Crippen molar-refractivity contribution in [2.75, 3.05) is 0 Å². The Labute approximate surface area is 90.1 Å². The van der Waals surface area contributed by atoms with Gasteiger partial charge < -0.3 is 13.9 Å². The van der Waals surface area contributed by atoms with Gasteiger partial charge in [0.05, 0.1) is 11.4 Å². The Hall–Kier alpha value is 0.810. The number of rotatable bonds is 0. The van der Waals surface area contributed by atoms with Gasteiger partial charge in [-0.2, -0.15) is 4.21 Å². The topological polar surface area (TPSA) is 135 Å². The third kappa shape index (κ3) is 1280. The van der Waals surface area contributed by atoms with E-state index in [2.05, 4.69) is 0 Å². The molecule has 3 N–H and O–H groups in total. The SMILES string of the molecule is C=O.O=S(O)O.O=S([O-])O.[Na+]. The third-order valence-electron chi connectivity index (χ3n) is 0. The van der Waals surface area contributed by atoms with Gasteiger partial charge in [0.2, 0.25) is 0 Å². The molecular weight excluding hydrogens is 211 g/mol. The minimum absolute atomic E-state index is 0. The predicted octanol–water partition coefficient (Wildman–Crippen LogP) is -4.16. The summed E-state index contributed by atoms with van der Waals surface area (Å²) in [5.74, 6) is 0. The molecule has 11 heavy (non-hydrogen) atoms. The summed E-state index contributed by atoms with van der Waals surface area (Å²) >= 11 is -5.47. The van der Waals surface area contributed by atoms with E-state index in [1.54, 1.807) is 0 Å². The molecule has 7 nitrogen and oxygen atoms in total. The van der Waals surface area contributed by atoms with Gasteiger partial charge in [-0.05, 0) is 0 Å². The summed E-state index contributed by atoms with van der Waals surface area (Å²) in [5, 5.41) is 0. The maximum atomic E-state index is 8.67. The molecule has 0 saturated carbocycles. The molecule has 10 heteroatoms. The quantitative estimate of drug-likeness (QED) is 0.276. The fourth-order valence-corrected chi connectivity index (χ4v) is 0. The van der Waals surface area contributed by atoms with Gasteiger partial charge in [0.25, 0.3) is 11.4 Å². The van der Waals surface area contributed by atoms with E-state index >= 15 is 0 Å². The number of carbonyl (C=O) groups excluding carboxylic acids is 1. The van der Waals surface area contributed by atoms with Crippen LogP contribution < -0.4 is 29.6 Å². The van der Waals surface area contributed by atoms with Gasteiger partial charge in [-0.15, -0.1) is 0 Å². The molecule has 0 aromatic carbocycles. The van der Waals surface area contributed by atoms with Crippen LogP contribution in [0.15, 0.2) is 0 Å². The van der Waals surface area contributed by atoms with Crippen LogP contribution in [0.25, 0.3) is 0 Å². The van der Waals surface area contributed by atoms with E-state index in [0.29, 0.717) is 0 Å². The minimum Gasteiger partial charge on any atom is -0.750 e. The van der Waals surface area contributed by atoms with Crippen molar-refractivity contribution in [3.8, 4) is 0 Å². The Morgan fingerprint density at radius 2 is 1.09 bits per heavy atom. The molecule has 0 radical (unpaired) electrons. The van der Waals surface area contributed by atoms with Crippen molar-refractivity contribution in [3.63, 3.8) is 0 Å². The standard InChI is InChI=1S/CH2O.Na.2H2O3S/c1-2;;2*1-4(2)3/h1H2;;2*(H2,1,2,3)/q;+1;;/p-1. The van der Waals surface area contributed by atoms with Gasteiger partial charge >= 0.3 is 29.6 Å². The monoisotopic (exact) mass is 216 g/mol. The summed E-state index contributed by atoms with van der Waals surface area (Å²) in [6, 6.07) is 0. The van der Waals surface area contributed by atoms with Crippen molar-refractivity contribution in [2.24, 2.45) is 0 Å². The average Bonchev–Trinajstić information content (AvgIpc) is 1.66. The van der Waals surface area contributed by atoms with Crippen LogP contribution in [0.5, 0.6) is 0 Å². The minimum atomic E-state index is -2.86. The van der Waals surface area contributed by atoms with Gasteiger partial charge in [0.15, 0.2) is 0 Å². The van der Waals surface area contributed by atoms with Crippen molar-refractivity contribution in [3.05, 3.63) is 0 Å². The second-order valence-electron chi connectivity index (χ2n) is 0.448. The first-order chi connectivity index (χ1) is 4.46. The van der Waals surface area contributed by atoms with Crippen LogP contribution in [0.2, 0.25) is 0 Å². The summed E-state index contributed by atoms with van der Waals surface area (Å²) in [6.45, 7) is 2.00. The van der Waals surface area contributed by atoms with E-state index in [9.17, 15) is 0 Å². The first-order valence-electron chi connectivity index (χ1n) is 1.34. The average molecular weight is 216 g/mol. The largest absolute Gasteiger partial charge is 1.00 e. The third-order valence-corrected chi connectivity index (χ3v) is 0. The molecule has 64 valence electrons. The van der Waals surface area contributed by atoms with Crippen LogP contribution in [0.4, 0.5) is 0 Å². The summed E-state index contributed by atoms with van der Waals surface area (Å²) < 4.78 is 46.9. The molecule has 0 aromatic heterocycles. The van der Waals surface area contributed by atoms with Crippen molar-refractivity contribution in [2.45, 2.75) is 0 Å². The second-order valence-corrected chi connectivity index (χ2v) is 1.34. The van der Waals surface area contributed by atoms with E-state index in [0.717, 1.165) is 0 Å². The van der Waals surface area contributed by atoms with Gasteiger partial charge in [0, 0.05) is 0 Å². The van der Waals surface area contributed by atoms with Gasteiger partial charge in [0.1, 0.15) is 6.79 Å². The molecule has 0 aliphatic carbocycles. The van der Waals surface area contributed by atoms with Crippen LogP contribution in [0.1, 0.15) is 0 Å². The Bertz CT molecular complexity index is 84.6. The fraction of sp³-hybridized carbons (Fsp3) is 0. The van der Waals surface area contributed by atoms with Crippen molar-refractivity contribution < 1.29 is 61.0 Å². The van der Waals surface area contributed by atoms with Crippen molar-refractivity contribution >= 4 is 29.5 Å². The number of carbonyl (C=O) groups is 1. The summed E-state index contributed by atoms with van der Waals surface area (Å²) in [5.41, 5.74) is 0. The van der Waals surface area contributed by atoms with Gasteiger partial charge in [-0.1, -0.05) is 0 Å². The number of hydrogen-bond donors (Lipinski definition) is 3. The van der Waals surface area contributed by atoms with Crippen LogP contribution in [0.3, 0.4) is 0 Å².